The number of nitrogens with one attached hydrogen (secondary N) is 1. The highest BCUT2D eigenvalue weighted by Crippen LogP contribution is 2.22. The minimum atomic E-state index is -0.768. The Balaban J connectivity index is 1.75. The zero-order valence-electron chi connectivity index (χ0n) is 14.7. The first kappa shape index (κ1) is 19.3. The highest BCUT2D eigenvalue weighted by Gasteiger charge is 2.16. The van der Waals surface area contributed by atoms with Crippen LogP contribution < -0.4 is 11.2 Å². The normalized spacial score (nSPS) is 15.4. The lowest BCUT2D eigenvalue weighted by atomic mass is 10.3. The molecule has 1 aromatic heterocycles. The third-order valence-electron chi connectivity index (χ3n) is 4.30. The van der Waals surface area contributed by atoms with Crippen molar-refractivity contribution < 1.29 is 9.84 Å². The largest absolute Gasteiger partial charge is 0.493 e. The van der Waals surface area contributed by atoms with Gasteiger partial charge < -0.3 is 9.84 Å². The molecule has 1 aromatic carbocycles. The van der Waals surface area contributed by atoms with Crippen molar-refractivity contribution in [3.8, 4) is 11.6 Å². The van der Waals surface area contributed by atoms with Crippen molar-refractivity contribution in [2.75, 3.05) is 39.4 Å². The molecular formula is C18H21ClN4O4. The molecule has 0 atom stereocenters. The molecule has 144 valence electrons. The zero-order chi connectivity index (χ0) is 19.2. The molecule has 3 rings (SSSR count). The Morgan fingerprint density at radius 3 is 2.74 bits per heavy atom. The van der Waals surface area contributed by atoms with Gasteiger partial charge in [-0.1, -0.05) is 23.7 Å². The summed E-state index contributed by atoms with van der Waals surface area (Å²) in [6.07, 6.45) is 2.11. The highest BCUT2D eigenvalue weighted by atomic mass is 35.5. The molecule has 0 aliphatic carbocycles. The van der Waals surface area contributed by atoms with Gasteiger partial charge in [-0.2, -0.15) is 0 Å². The number of para-hydroxylation sites is 1. The van der Waals surface area contributed by atoms with E-state index in [1.807, 2.05) is 0 Å². The molecule has 2 N–H and O–H groups in total. The average molecular weight is 393 g/mol. The number of aromatic amines is 1. The topological polar surface area (TPSA) is 99.9 Å². The second kappa shape index (κ2) is 8.98. The van der Waals surface area contributed by atoms with Crippen LogP contribution in [0.5, 0.6) is 5.88 Å². The summed E-state index contributed by atoms with van der Waals surface area (Å²) >= 11 is 6.10. The van der Waals surface area contributed by atoms with Crippen LogP contribution in [0.1, 0.15) is 12.0 Å². The number of nitrogens with zero attached hydrogens (tertiary/aromatic N) is 3. The molecular weight excluding hydrogens is 372 g/mol. The number of halogens is 1. The lowest BCUT2D eigenvalue weighted by molar-refractivity contribution is 0.0377. The molecule has 2 heterocycles. The molecule has 27 heavy (non-hydrogen) atoms. The van der Waals surface area contributed by atoms with Crippen molar-refractivity contribution in [1.82, 2.24) is 14.5 Å². The van der Waals surface area contributed by atoms with Crippen molar-refractivity contribution in [2.45, 2.75) is 6.42 Å². The molecule has 0 spiro atoms. The van der Waals surface area contributed by atoms with Crippen LogP contribution >= 0.6 is 11.6 Å². The van der Waals surface area contributed by atoms with Gasteiger partial charge in [0.15, 0.2) is 0 Å². The summed E-state index contributed by atoms with van der Waals surface area (Å²) in [5.74, 6) is -0.492. The Bertz CT molecular complexity index is 932. The van der Waals surface area contributed by atoms with Crippen LogP contribution in [0, 0.1) is 0 Å². The Hall–Kier alpha value is -2.42. The number of hydrogen-bond acceptors (Lipinski definition) is 6. The Labute approximate surface area is 160 Å². The lowest BCUT2D eigenvalue weighted by Gasteiger charge is -2.26. The summed E-state index contributed by atoms with van der Waals surface area (Å²) in [5, 5.41) is 10.7. The van der Waals surface area contributed by atoms with Gasteiger partial charge in [-0.3, -0.25) is 19.7 Å². The van der Waals surface area contributed by atoms with E-state index in [1.165, 1.54) is 6.21 Å². The minimum Gasteiger partial charge on any atom is -0.493 e. The highest BCUT2D eigenvalue weighted by molar-refractivity contribution is 6.32. The van der Waals surface area contributed by atoms with E-state index in [0.717, 1.165) is 43.8 Å². The second-order valence-corrected chi connectivity index (χ2v) is 6.53. The van der Waals surface area contributed by atoms with Gasteiger partial charge in [0.25, 0.3) is 5.56 Å². The predicted octanol–water partition coefficient (Wildman–Crippen LogP) is 1.03. The fourth-order valence-electron chi connectivity index (χ4n) is 2.88. The van der Waals surface area contributed by atoms with Gasteiger partial charge in [-0.15, -0.1) is 0 Å². The number of aliphatic imine (C=N–C) groups is 1. The maximum Gasteiger partial charge on any atom is 0.335 e. The van der Waals surface area contributed by atoms with Gasteiger partial charge in [-0.05, 0) is 18.6 Å². The fraction of sp³-hybridized carbons (Fsp3) is 0.389. The first-order chi connectivity index (χ1) is 13.1. The van der Waals surface area contributed by atoms with Gasteiger partial charge in [0.2, 0.25) is 5.88 Å². The average Bonchev–Trinajstić information content (AvgIpc) is 2.66. The van der Waals surface area contributed by atoms with E-state index in [2.05, 4.69) is 14.9 Å². The Morgan fingerprint density at radius 1 is 1.26 bits per heavy atom. The van der Waals surface area contributed by atoms with Gasteiger partial charge in [0.05, 0.1) is 23.9 Å². The quantitative estimate of drug-likeness (QED) is 0.565. The summed E-state index contributed by atoms with van der Waals surface area (Å²) in [4.78, 5) is 32.9. The smallest absolute Gasteiger partial charge is 0.335 e. The third kappa shape index (κ3) is 4.65. The molecule has 9 heteroatoms. The monoisotopic (exact) mass is 392 g/mol. The summed E-state index contributed by atoms with van der Waals surface area (Å²) in [7, 11) is 0. The third-order valence-corrected chi connectivity index (χ3v) is 4.62. The van der Waals surface area contributed by atoms with E-state index in [4.69, 9.17) is 16.3 Å². The van der Waals surface area contributed by atoms with Crippen molar-refractivity contribution in [3.05, 3.63) is 55.7 Å². The number of rotatable bonds is 6. The van der Waals surface area contributed by atoms with E-state index >= 15 is 0 Å². The molecule has 1 saturated heterocycles. The fourth-order valence-corrected chi connectivity index (χ4v) is 3.10. The van der Waals surface area contributed by atoms with E-state index in [-0.39, 0.29) is 16.3 Å². The molecule has 0 radical (unpaired) electrons. The molecule has 8 nitrogen and oxygen atoms in total. The number of ether oxygens (including phenoxy) is 1. The number of aromatic hydroxyl groups is 1. The van der Waals surface area contributed by atoms with Gasteiger partial charge in [-0.25, -0.2) is 9.36 Å². The molecule has 2 aromatic rings. The molecule has 0 unspecified atom stereocenters. The van der Waals surface area contributed by atoms with E-state index in [1.54, 1.807) is 24.3 Å². The Morgan fingerprint density at radius 2 is 2.00 bits per heavy atom. The summed E-state index contributed by atoms with van der Waals surface area (Å²) in [5.41, 5.74) is -1.27. The number of hydrogen-bond donors (Lipinski definition) is 2. The van der Waals surface area contributed by atoms with Crippen molar-refractivity contribution in [3.63, 3.8) is 0 Å². The number of H-pyrrole nitrogens is 1. The molecule has 0 bridgehead atoms. The lowest BCUT2D eigenvalue weighted by Crippen LogP contribution is -2.37. The first-order valence-corrected chi connectivity index (χ1v) is 9.09. The summed E-state index contributed by atoms with van der Waals surface area (Å²) < 4.78 is 6.26. The molecule has 0 amide bonds. The zero-order valence-corrected chi connectivity index (χ0v) is 15.5. The van der Waals surface area contributed by atoms with Crippen LogP contribution in [-0.4, -0.2) is 65.2 Å². The van der Waals surface area contributed by atoms with Crippen LogP contribution in [0.25, 0.3) is 5.69 Å². The van der Waals surface area contributed by atoms with Crippen molar-refractivity contribution >= 4 is 17.8 Å². The molecule has 1 aliphatic heterocycles. The van der Waals surface area contributed by atoms with E-state index < -0.39 is 17.1 Å². The van der Waals surface area contributed by atoms with Crippen LogP contribution in [-0.2, 0) is 4.74 Å². The first-order valence-electron chi connectivity index (χ1n) is 8.71. The Kier molecular flexibility index (Phi) is 6.44. The number of benzene rings is 1. The molecule has 0 saturated carbocycles. The van der Waals surface area contributed by atoms with Crippen LogP contribution in [0.4, 0.5) is 0 Å². The van der Waals surface area contributed by atoms with Crippen LogP contribution in [0.2, 0.25) is 5.02 Å². The van der Waals surface area contributed by atoms with Crippen molar-refractivity contribution in [1.29, 1.82) is 0 Å². The van der Waals surface area contributed by atoms with Gasteiger partial charge >= 0.3 is 5.69 Å². The van der Waals surface area contributed by atoms with Crippen molar-refractivity contribution in [2.24, 2.45) is 4.99 Å². The minimum absolute atomic E-state index is 0.0825. The van der Waals surface area contributed by atoms with Crippen LogP contribution in [0.3, 0.4) is 0 Å². The maximum absolute atomic E-state index is 12.1. The van der Waals surface area contributed by atoms with E-state index in [9.17, 15) is 14.7 Å². The maximum atomic E-state index is 12.1. The molecule has 1 aliphatic rings. The molecule has 1 fully saturated rings. The predicted molar refractivity (Wildman–Crippen MR) is 104 cm³/mol. The second-order valence-electron chi connectivity index (χ2n) is 6.13. The summed E-state index contributed by atoms with van der Waals surface area (Å²) in [6, 6.07) is 6.55. The van der Waals surface area contributed by atoms with E-state index in [0.29, 0.717) is 6.54 Å². The number of morpholine rings is 1. The number of aromatic nitrogens is 2. The van der Waals surface area contributed by atoms with Crippen LogP contribution in [0.15, 0.2) is 38.8 Å². The van der Waals surface area contributed by atoms with Gasteiger partial charge in [0, 0.05) is 32.4 Å². The summed E-state index contributed by atoms with van der Waals surface area (Å²) in [6.45, 7) is 4.70. The standard InChI is InChI=1S/C18H21ClN4O4/c19-14-4-1-2-5-15(14)23-17(25)13(16(24)21-18(23)26)12-20-6-3-7-22-8-10-27-11-9-22/h1-2,4-5,12,25H,3,6-11H2,(H,21,24,26). The van der Waals surface area contributed by atoms with Gasteiger partial charge in [0.1, 0.15) is 5.56 Å². The SMILES string of the molecule is O=c1[nH]c(=O)n(-c2ccccc2Cl)c(O)c1C=NCCCN1CCOCC1.